The smallest absolute Gasteiger partial charge is 0.332 e. The van der Waals surface area contributed by atoms with Gasteiger partial charge >= 0.3 is 5.97 Å². The summed E-state index contributed by atoms with van der Waals surface area (Å²) in [5.41, 5.74) is 0.818. The van der Waals surface area contributed by atoms with Crippen molar-refractivity contribution in [2.75, 3.05) is 0 Å². The molecule has 17 heavy (non-hydrogen) atoms. The summed E-state index contributed by atoms with van der Waals surface area (Å²) in [4.78, 5) is 25.6. The molecule has 0 saturated carbocycles. The van der Waals surface area contributed by atoms with Crippen LogP contribution in [0.15, 0.2) is 23.9 Å². The Hall–Kier alpha value is -1.97. The number of hydrogen-bond acceptors (Lipinski definition) is 3. The van der Waals surface area contributed by atoms with E-state index in [9.17, 15) is 9.59 Å². The molecule has 0 fully saturated rings. The lowest BCUT2D eigenvalue weighted by molar-refractivity contribution is -0.133. The van der Waals surface area contributed by atoms with Crippen LogP contribution in [0.1, 0.15) is 36.8 Å². The summed E-state index contributed by atoms with van der Waals surface area (Å²) in [6, 6.07) is 3.23. The third kappa shape index (κ3) is 3.52. The molecule has 0 aliphatic heterocycles. The highest BCUT2D eigenvalue weighted by molar-refractivity contribution is 5.93. The Morgan fingerprint density at radius 1 is 1.35 bits per heavy atom. The number of hydrogen-bond donors (Lipinski definition) is 1. The largest absolute Gasteiger partial charge is 0.478 e. The van der Waals surface area contributed by atoms with Gasteiger partial charge in [-0.3, -0.25) is 9.78 Å². The Morgan fingerprint density at radius 2 is 2.00 bits per heavy atom. The maximum atomic E-state index is 11.1. The quantitative estimate of drug-likeness (QED) is 0.643. The van der Waals surface area contributed by atoms with E-state index >= 15 is 0 Å². The van der Waals surface area contributed by atoms with Crippen LogP contribution in [-0.2, 0) is 4.79 Å². The summed E-state index contributed by atoms with van der Waals surface area (Å²) in [5, 5.41) is 9.12. The number of aromatic nitrogens is 1. The molecule has 0 aliphatic rings. The van der Waals surface area contributed by atoms with Gasteiger partial charge in [-0.15, -0.1) is 0 Å². The average Bonchev–Trinajstić information content (AvgIpc) is 2.24. The molecule has 90 valence electrons. The predicted octanol–water partition coefficient (Wildman–Crippen LogP) is 2.41. The molecule has 0 aliphatic carbocycles. The molecule has 1 aromatic rings. The molecule has 1 N–H and O–H groups in total. The highest BCUT2D eigenvalue weighted by Crippen LogP contribution is 2.26. The summed E-state index contributed by atoms with van der Waals surface area (Å²) in [7, 11) is 0. The number of nitrogens with zero attached hydrogens (tertiary/aromatic N) is 1. The van der Waals surface area contributed by atoms with Gasteiger partial charge < -0.3 is 5.11 Å². The Bertz CT molecular complexity index is 453. The number of aldehydes is 1. The molecule has 0 radical (unpaired) electrons. The first-order valence-electron chi connectivity index (χ1n) is 5.21. The number of carboxylic acid groups (broad SMARTS) is 1. The fourth-order valence-electron chi connectivity index (χ4n) is 1.32. The van der Waals surface area contributed by atoms with E-state index in [0.29, 0.717) is 17.5 Å². The van der Waals surface area contributed by atoms with Crippen molar-refractivity contribution in [1.29, 1.82) is 0 Å². The molecular weight excluding hydrogens is 218 g/mol. The maximum Gasteiger partial charge on any atom is 0.332 e. The van der Waals surface area contributed by atoms with Crippen molar-refractivity contribution in [1.82, 2.24) is 4.98 Å². The Kier molecular flexibility index (Phi) is 3.78. The number of carboxylic acids is 1. The molecule has 0 bridgehead atoms. The second-order valence-corrected chi connectivity index (χ2v) is 4.75. The molecule has 1 aromatic heterocycles. The lowest BCUT2D eigenvalue weighted by Crippen LogP contribution is -2.17. The first-order chi connectivity index (χ1) is 7.84. The highest BCUT2D eigenvalue weighted by Gasteiger charge is 2.23. The molecule has 1 heterocycles. The summed E-state index contributed by atoms with van der Waals surface area (Å²) >= 11 is 0. The average molecular weight is 233 g/mol. The zero-order valence-electron chi connectivity index (χ0n) is 10.1. The van der Waals surface area contributed by atoms with Gasteiger partial charge in [-0.25, -0.2) is 4.79 Å². The van der Waals surface area contributed by atoms with Gasteiger partial charge in [0, 0.05) is 17.3 Å². The Morgan fingerprint density at radius 3 is 2.35 bits per heavy atom. The fraction of sp³-hybridized carbons (Fsp3) is 0.308. The third-order valence-corrected chi connectivity index (χ3v) is 2.28. The van der Waals surface area contributed by atoms with E-state index in [0.717, 1.165) is 0 Å². The molecule has 0 amide bonds. The number of carbonyl (C=O) groups is 2. The summed E-state index contributed by atoms with van der Waals surface area (Å²) in [6.45, 7) is 5.48. The monoisotopic (exact) mass is 233 g/mol. The molecule has 0 atom stereocenters. The van der Waals surface area contributed by atoms with Crippen LogP contribution in [0.5, 0.6) is 0 Å². The summed E-state index contributed by atoms with van der Waals surface area (Å²) in [6.07, 6.45) is 3.64. The zero-order valence-corrected chi connectivity index (χ0v) is 10.1. The number of pyridine rings is 1. The summed E-state index contributed by atoms with van der Waals surface area (Å²) < 4.78 is 0. The van der Waals surface area contributed by atoms with Crippen LogP contribution in [0.2, 0.25) is 0 Å². The van der Waals surface area contributed by atoms with Crippen LogP contribution in [0.4, 0.5) is 0 Å². The van der Waals surface area contributed by atoms with E-state index in [2.05, 4.69) is 4.98 Å². The predicted molar refractivity (Wildman–Crippen MR) is 64.7 cm³/mol. The van der Waals surface area contributed by atoms with Gasteiger partial charge in [-0.1, -0.05) is 20.8 Å². The van der Waals surface area contributed by atoms with Crippen molar-refractivity contribution in [2.24, 2.45) is 5.41 Å². The van der Waals surface area contributed by atoms with E-state index in [1.54, 1.807) is 12.1 Å². The van der Waals surface area contributed by atoms with Gasteiger partial charge in [0.2, 0.25) is 0 Å². The van der Waals surface area contributed by atoms with Crippen molar-refractivity contribution in [3.05, 3.63) is 35.2 Å². The molecule has 4 heteroatoms. The van der Waals surface area contributed by atoms with Crippen LogP contribution >= 0.6 is 0 Å². The second kappa shape index (κ2) is 4.91. The number of aliphatic carboxylic acids is 1. The highest BCUT2D eigenvalue weighted by atomic mass is 16.4. The van der Waals surface area contributed by atoms with E-state index < -0.39 is 11.4 Å². The van der Waals surface area contributed by atoms with Crippen LogP contribution in [0.25, 0.3) is 6.08 Å². The minimum Gasteiger partial charge on any atom is -0.478 e. The Balaban J connectivity index is 3.13. The maximum absolute atomic E-state index is 11.1. The fourth-order valence-corrected chi connectivity index (χ4v) is 1.32. The van der Waals surface area contributed by atoms with Gasteiger partial charge in [0.05, 0.1) is 5.69 Å². The van der Waals surface area contributed by atoms with Crippen molar-refractivity contribution >= 4 is 18.3 Å². The second-order valence-electron chi connectivity index (χ2n) is 4.75. The summed E-state index contributed by atoms with van der Waals surface area (Å²) in [5.74, 6) is -0.959. The van der Waals surface area contributed by atoms with Crippen molar-refractivity contribution in [2.45, 2.75) is 20.8 Å². The molecule has 0 saturated heterocycles. The van der Waals surface area contributed by atoms with E-state index in [1.807, 2.05) is 20.8 Å². The Labute approximate surface area is 100.0 Å². The zero-order chi connectivity index (χ0) is 13.1. The van der Waals surface area contributed by atoms with Crippen molar-refractivity contribution in [3.8, 4) is 0 Å². The first-order valence-corrected chi connectivity index (χ1v) is 5.21. The van der Waals surface area contributed by atoms with Gasteiger partial charge in [-0.2, -0.15) is 0 Å². The first kappa shape index (κ1) is 13.1. The van der Waals surface area contributed by atoms with Crippen LogP contribution in [0.3, 0.4) is 0 Å². The van der Waals surface area contributed by atoms with Crippen LogP contribution in [-0.4, -0.2) is 22.3 Å². The van der Waals surface area contributed by atoms with E-state index in [-0.39, 0.29) is 5.57 Å². The normalized spacial score (nSPS) is 12.3. The SMILES string of the molecule is CC(C)(C)/C(=C\c1ccc(C=O)cn1)C(=O)O. The molecule has 4 nitrogen and oxygen atoms in total. The lowest BCUT2D eigenvalue weighted by Gasteiger charge is -2.19. The molecule has 1 rings (SSSR count). The number of rotatable bonds is 3. The van der Waals surface area contributed by atoms with Gasteiger partial charge in [0.1, 0.15) is 0 Å². The minimum atomic E-state index is -0.959. The van der Waals surface area contributed by atoms with Crippen LogP contribution < -0.4 is 0 Å². The molecular formula is C13H15NO3. The third-order valence-electron chi connectivity index (χ3n) is 2.28. The van der Waals surface area contributed by atoms with E-state index in [1.165, 1.54) is 12.3 Å². The van der Waals surface area contributed by atoms with Gasteiger partial charge in [0.15, 0.2) is 6.29 Å². The van der Waals surface area contributed by atoms with Crippen molar-refractivity contribution < 1.29 is 14.7 Å². The standard InChI is InChI=1S/C13H15NO3/c1-13(2,3)11(12(16)17)6-10-5-4-9(8-15)7-14-10/h4-8H,1-3H3,(H,16,17)/b11-6-. The number of carbonyl (C=O) groups excluding carboxylic acids is 1. The van der Waals surface area contributed by atoms with Crippen LogP contribution in [0, 0.1) is 5.41 Å². The van der Waals surface area contributed by atoms with Gasteiger partial charge in [0.25, 0.3) is 0 Å². The molecule has 0 spiro atoms. The minimum absolute atomic E-state index is 0.281. The topological polar surface area (TPSA) is 67.3 Å². The molecule has 0 aromatic carbocycles. The molecule has 0 unspecified atom stereocenters. The van der Waals surface area contributed by atoms with Crippen molar-refractivity contribution in [3.63, 3.8) is 0 Å². The lowest BCUT2D eigenvalue weighted by atomic mass is 9.86. The van der Waals surface area contributed by atoms with E-state index in [4.69, 9.17) is 5.11 Å². The van der Waals surface area contributed by atoms with Gasteiger partial charge in [-0.05, 0) is 23.6 Å².